The predicted octanol–water partition coefficient (Wildman–Crippen LogP) is 10.2. The van der Waals surface area contributed by atoms with Gasteiger partial charge in [0.15, 0.2) is 5.82 Å². The molecule has 56 heavy (non-hydrogen) atoms. The van der Waals surface area contributed by atoms with Crippen LogP contribution in [0.3, 0.4) is 0 Å². The average molecular weight is 762 g/mol. The fraction of sp³-hybridized carbons (Fsp3) is 0.578. The highest BCUT2D eigenvalue weighted by Gasteiger charge is 2.19. The second-order valence-corrected chi connectivity index (χ2v) is 17.0. The summed E-state index contributed by atoms with van der Waals surface area (Å²) in [5.74, 6) is 4.00. The molecule has 0 radical (unpaired) electrons. The van der Waals surface area contributed by atoms with E-state index in [4.69, 9.17) is 0 Å². The van der Waals surface area contributed by atoms with Crippen molar-refractivity contribution in [3.63, 3.8) is 0 Å². The van der Waals surface area contributed by atoms with Gasteiger partial charge in [-0.25, -0.2) is 24.9 Å². The maximum absolute atomic E-state index is 4.55. The van der Waals surface area contributed by atoms with Crippen molar-refractivity contribution < 1.29 is 0 Å². The van der Waals surface area contributed by atoms with Gasteiger partial charge in [0.1, 0.15) is 17.5 Å². The minimum Gasteiger partial charge on any atom is -0.238 e. The van der Waals surface area contributed by atoms with Crippen LogP contribution in [0.5, 0.6) is 0 Å². The summed E-state index contributed by atoms with van der Waals surface area (Å²) in [5, 5.41) is 24.1. The number of unbranched alkanes of at least 4 members (excludes halogenated alkanes) is 1. The minimum atomic E-state index is -0.00847. The van der Waals surface area contributed by atoms with E-state index in [-0.39, 0.29) is 10.8 Å². The van der Waals surface area contributed by atoms with Crippen LogP contribution in [-0.4, -0.2) is 55.5 Å². The number of aryl methyl sites for hydroxylation is 9. The third-order valence-electron chi connectivity index (χ3n) is 9.54. The van der Waals surface area contributed by atoms with Crippen molar-refractivity contribution in [3.8, 4) is 11.3 Å². The Morgan fingerprint density at radius 3 is 1.64 bits per heavy atom. The number of benzene rings is 1. The lowest BCUT2D eigenvalue weighted by atomic mass is 9.86. The van der Waals surface area contributed by atoms with Gasteiger partial charge in [-0.15, -0.1) is 15.3 Å². The summed E-state index contributed by atoms with van der Waals surface area (Å²) in [6.07, 6.45) is 10.1. The molecule has 11 nitrogen and oxygen atoms in total. The molecule has 1 aliphatic rings. The fourth-order valence-electron chi connectivity index (χ4n) is 6.02. The van der Waals surface area contributed by atoms with E-state index < -0.39 is 0 Å². The molecule has 0 atom stereocenters. The normalized spacial score (nSPS) is 13.1. The molecule has 0 aliphatic heterocycles. The van der Waals surface area contributed by atoms with Crippen molar-refractivity contribution in [2.75, 3.05) is 0 Å². The van der Waals surface area contributed by atoms with E-state index in [1.807, 2.05) is 47.6 Å². The topological polar surface area (TPSA) is 142 Å². The van der Waals surface area contributed by atoms with Crippen molar-refractivity contribution in [2.45, 2.75) is 172 Å². The van der Waals surface area contributed by atoms with Crippen LogP contribution in [0.2, 0.25) is 0 Å². The molecule has 4 aromatic heterocycles. The maximum atomic E-state index is 4.55. The standard InChI is InChI=1S/C15H19N3.C12H18N2.2C9H15N3/c1-10-14(16-11(2)18-17-10)12-6-8-13(9-7-12)15(3,4)5;1-9-8-10(2)14-12(13-9)11-6-4-3-5-7-11;1-6-7(2)11-12-8(10-6)9(3,4)5;1-4-5-6-9-7(2)11-12-8(3)10-9/h6-9H,1-5H3;8,11H,3-7H2,1-2H3;1-5H3;4-6H2,1-3H3. The van der Waals surface area contributed by atoms with Gasteiger partial charge in [-0.2, -0.15) is 15.3 Å². The van der Waals surface area contributed by atoms with E-state index in [2.05, 4.69) is 142 Å². The SMILES string of the molecule is CCCCc1nc(C)nnc1C.Cc1cc(C)nc(C2CCCCC2)n1.Cc1nnc(C(C)(C)C)nc1C.Cc1nnc(C)c(-c2ccc(C(C)(C)C)cc2)n1. The molecule has 0 unspecified atom stereocenters. The lowest BCUT2D eigenvalue weighted by molar-refractivity contribution is 0.427. The highest BCUT2D eigenvalue weighted by atomic mass is 15.2. The Morgan fingerprint density at radius 1 is 0.554 bits per heavy atom. The smallest absolute Gasteiger partial charge is 0.156 e. The molecular formula is C45H67N11. The van der Waals surface area contributed by atoms with Crippen molar-refractivity contribution in [2.24, 2.45) is 0 Å². The third kappa shape index (κ3) is 14.8. The van der Waals surface area contributed by atoms with Crippen LogP contribution in [0.15, 0.2) is 30.3 Å². The molecule has 4 heterocycles. The summed E-state index contributed by atoms with van der Waals surface area (Å²) in [5.41, 5.74) is 10.5. The van der Waals surface area contributed by atoms with E-state index in [1.54, 1.807) is 0 Å². The summed E-state index contributed by atoms with van der Waals surface area (Å²) in [6, 6.07) is 10.6. The summed E-state index contributed by atoms with van der Waals surface area (Å²) in [7, 11) is 0. The molecule has 6 rings (SSSR count). The molecule has 1 aromatic carbocycles. The Morgan fingerprint density at radius 2 is 1.11 bits per heavy atom. The molecule has 0 bridgehead atoms. The zero-order valence-electron chi connectivity index (χ0n) is 37.0. The first-order valence-corrected chi connectivity index (χ1v) is 20.2. The second-order valence-electron chi connectivity index (χ2n) is 17.0. The van der Waals surface area contributed by atoms with Crippen LogP contribution in [0.25, 0.3) is 11.3 Å². The van der Waals surface area contributed by atoms with Crippen LogP contribution in [-0.2, 0) is 17.3 Å². The zero-order valence-corrected chi connectivity index (χ0v) is 37.0. The first-order chi connectivity index (χ1) is 26.3. The largest absolute Gasteiger partial charge is 0.238 e. The number of hydrogen-bond acceptors (Lipinski definition) is 11. The van der Waals surface area contributed by atoms with Crippen molar-refractivity contribution >= 4 is 0 Å². The molecule has 0 amide bonds. The Bertz CT molecular complexity index is 1950. The highest BCUT2D eigenvalue weighted by Crippen LogP contribution is 2.31. The number of aromatic nitrogens is 11. The summed E-state index contributed by atoms with van der Waals surface area (Å²) in [6.45, 7) is 30.7. The molecule has 11 heteroatoms. The van der Waals surface area contributed by atoms with Crippen LogP contribution < -0.4 is 0 Å². The Labute approximate surface area is 336 Å². The third-order valence-corrected chi connectivity index (χ3v) is 9.54. The fourth-order valence-corrected chi connectivity index (χ4v) is 6.02. The van der Waals surface area contributed by atoms with Gasteiger partial charge < -0.3 is 0 Å². The first kappa shape index (κ1) is 45.7. The van der Waals surface area contributed by atoms with Crippen molar-refractivity contribution in [1.29, 1.82) is 0 Å². The van der Waals surface area contributed by atoms with Crippen LogP contribution in [0.1, 0.15) is 168 Å². The molecule has 0 saturated heterocycles. The van der Waals surface area contributed by atoms with E-state index in [0.717, 1.165) is 75.0 Å². The number of rotatable bonds is 5. The van der Waals surface area contributed by atoms with Crippen molar-refractivity contribution in [3.05, 3.63) is 99.1 Å². The Balaban J connectivity index is 0.000000203. The van der Waals surface area contributed by atoms with Gasteiger partial charge >= 0.3 is 0 Å². The van der Waals surface area contributed by atoms with Crippen LogP contribution >= 0.6 is 0 Å². The Hall–Kier alpha value is -4.67. The van der Waals surface area contributed by atoms with Crippen LogP contribution in [0, 0.1) is 55.4 Å². The quantitative estimate of drug-likeness (QED) is 0.169. The average Bonchev–Trinajstić information content (AvgIpc) is 3.14. The number of nitrogens with zero attached hydrogens (tertiary/aromatic N) is 11. The predicted molar refractivity (Wildman–Crippen MR) is 227 cm³/mol. The van der Waals surface area contributed by atoms with Gasteiger partial charge in [0.25, 0.3) is 0 Å². The van der Waals surface area contributed by atoms with E-state index in [0.29, 0.717) is 11.7 Å². The summed E-state index contributed by atoms with van der Waals surface area (Å²) < 4.78 is 0. The van der Waals surface area contributed by atoms with Gasteiger partial charge in [0.05, 0.1) is 34.2 Å². The van der Waals surface area contributed by atoms with Gasteiger partial charge in [-0.3, -0.25) is 0 Å². The second kappa shape index (κ2) is 21.0. The van der Waals surface area contributed by atoms with E-state index >= 15 is 0 Å². The van der Waals surface area contributed by atoms with Crippen LogP contribution in [0.4, 0.5) is 0 Å². The Kier molecular flexibility index (Phi) is 17.2. The van der Waals surface area contributed by atoms with Gasteiger partial charge in [-0.05, 0) is 98.1 Å². The molecule has 1 aliphatic carbocycles. The van der Waals surface area contributed by atoms with Gasteiger partial charge in [-0.1, -0.05) is 98.4 Å². The lowest BCUT2D eigenvalue weighted by Crippen LogP contribution is -2.18. The molecule has 0 N–H and O–H groups in total. The molecule has 5 aromatic rings. The number of hydrogen-bond donors (Lipinski definition) is 0. The summed E-state index contributed by atoms with van der Waals surface area (Å²) in [4.78, 5) is 22.3. The molecule has 0 spiro atoms. The van der Waals surface area contributed by atoms with Crippen molar-refractivity contribution in [1.82, 2.24) is 55.5 Å². The minimum absolute atomic E-state index is 0.00847. The molecule has 1 fully saturated rings. The first-order valence-electron chi connectivity index (χ1n) is 20.2. The molecule has 302 valence electrons. The molecule has 1 saturated carbocycles. The lowest BCUT2D eigenvalue weighted by Gasteiger charge is -2.20. The maximum Gasteiger partial charge on any atom is 0.156 e. The zero-order chi connectivity index (χ0) is 41.6. The van der Waals surface area contributed by atoms with E-state index in [1.165, 1.54) is 50.5 Å². The molecular weight excluding hydrogens is 695 g/mol. The van der Waals surface area contributed by atoms with E-state index in [9.17, 15) is 0 Å². The van der Waals surface area contributed by atoms with Gasteiger partial charge in [0.2, 0.25) is 0 Å². The van der Waals surface area contributed by atoms with Gasteiger partial charge in [0, 0.05) is 28.3 Å². The highest BCUT2D eigenvalue weighted by molar-refractivity contribution is 5.61. The monoisotopic (exact) mass is 762 g/mol. The summed E-state index contributed by atoms with van der Waals surface area (Å²) >= 11 is 0.